The van der Waals surface area contributed by atoms with Crippen LogP contribution < -0.4 is 9.64 Å². The van der Waals surface area contributed by atoms with Crippen LogP contribution in [0.5, 0.6) is 11.8 Å². The predicted octanol–water partition coefficient (Wildman–Crippen LogP) is 4.95. The summed E-state index contributed by atoms with van der Waals surface area (Å²) in [7, 11) is 0. The number of aryl methyl sites for hydroxylation is 1. The summed E-state index contributed by atoms with van der Waals surface area (Å²) in [5, 5.41) is 12.0. The summed E-state index contributed by atoms with van der Waals surface area (Å²) in [6, 6.07) is 5.83. The highest BCUT2D eigenvalue weighted by Gasteiger charge is 2.49. The van der Waals surface area contributed by atoms with Crippen LogP contribution in [-0.4, -0.2) is 94.9 Å². The molecule has 4 unspecified atom stereocenters. The second kappa shape index (κ2) is 11.0. The number of hydrogen-bond acceptors (Lipinski definition) is 9. The zero-order valence-corrected chi connectivity index (χ0v) is 24.9. The van der Waals surface area contributed by atoms with E-state index in [1.54, 1.807) is 6.07 Å². The molecule has 2 aromatic carbocycles. The number of nitrogens with zero attached hydrogens (tertiary/aromatic N) is 5. The van der Waals surface area contributed by atoms with Gasteiger partial charge in [-0.25, -0.2) is 13.2 Å². The number of hydrogen-bond donors (Lipinski definition) is 1. The number of anilines is 1. The molecular formula is C33H34F3N5O4. The molecule has 0 aliphatic carbocycles. The molecule has 0 spiro atoms. The summed E-state index contributed by atoms with van der Waals surface area (Å²) in [5.74, 6) is -0.779. The number of phenolic OH excluding ortho intramolecular Hbond substituents is 1. The standard InChI is InChI=1S/C33H34F3N5O4/c1-2-23-26(35)5-4-18-8-20(42)9-24(27(18)23)29-28(36)30-25(11-37-29)31(40-13-21-15-43-16-22(14-40)45-21)39-32(38-30)44-17-33-6-3-7-41(33)12-19(34)10-33/h4-5,8-9,11,19,21-22,42H,2-3,6-7,10,12-17H2,1H3. The van der Waals surface area contributed by atoms with E-state index in [1.807, 2.05) is 11.8 Å². The van der Waals surface area contributed by atoms with Crippen LogP contribution in [0.2, 0.25) is 0 Å². The Labute approximate surface area is 257 Å². The van der Waals surface area contributed by atoms with Crippen LogP contribution in [0.1, 0.15) is 31.7 Å². The summed E-state index contributed by atoms with van der Waals surface area (Å²) < 4.78 is 64.2. The van der Waals surface area contributed by atoms with Crippen molar-refractivity contribution in [2.75, 3.05) is 50.9 Å². The van der Waals surface area contributed by atoms with Gasteiger partial charge in [-0.05, 0) is 60.3 Å². The number of aromatic hydroxyl groups is 1. The highest BCUT2D eigenvalue weighted by Crippen LogP contribution is 2.42. The van der Waals surface area contributed by atoms with Crippen LogP contribution in [0.3, 0.4) is 0 Å². The minimum atomic E-state index is -0.919. The Balaban J connectivity index is 1.27. The number of pyridine rings is 1. The molecule has 4 aromatic rings. The first kappa shape index (κ1) is 28.7. The molecule has 9 nitrogen and oxygen atoms in total. The van der Waals surface area contributed by atoms with Crippen molar-refractivity contribution in [3.05, 3.63) is 47.7 Å². The van der Waals surface area contributed by atoms with Crippen LogP contribution in [0.25, 0.3) is 32.9 Å². The van der Waals surface area contributed by atoms with Crippen LogP contribution >= 0.6 is 0 Å². The molecule has 1 N–H and O–H groups in total. The summed E-state index contributed by atoms with van der Waals surface area (Å²) in [5.41, 5.74) is 0.162. The van der Waals surface area contributed by atoms with Gasteiger partial charge in [-0.15, -0.1) is 0 Å². The van der Waals surface area contributed by atoms with Crippen molar-refractivity contribution in [2.24, 2.45) is 0 Å². The molecule has 12 heteroatoms. The lowest BCUT2D eigenvalue weighted by Gasteiger charge is -2.42. The lowest BCUT2D eigenvalue weighted by atomic mass is 9.94. The van der Waals surface area contributed by atoms with Gasteiger partial charge in [0.15, 0.2) is 5.82 Å². The maximum atomic E-state index is 16.8. The van der Waals surface area contributed by atoms with Gasteiger partial charge >= 0.3 is 6.01 Å². The molecule has 4 aliphatic rings. The van der Waals surface area contributed by atoms with Gasteiger partial charge in [0.05, 0.1) is 36.3 Å². The molecule has 8 rings (SSSR count). The normalized spacial score (nSPS) is 26.6. The highest BCUT2D eigenvalue weighted by molar-refractivity contribution is 6.01. The van der Waals surface area contributed by atoms with E-state index < -0.39 is 23.3 Å². The first-order chi connectivity index (χ1) is 21.8. The Hall–Kier alpha value is -3.74. The Bertz CT molecular complexity index is 1800. The molecule has 4 atom stereocenters. The van der Waals surface area contributed by atoms with Gasteiger partial charge in [-0.3, -0.25) is 9.88 Å². The molecule has 2 bridgehead atoms. The first-order valence-electron chi connectivity index (χ1n) is 15.6. The number of halogens is 3. The number of ether oxygens (including phenoxy) is 3. The van der Waals surface area contributed by atoms with E-state index in [9.17, 15) is 13.9 Å². The zero-order chi connectivity index (χ0) is 30.9. The fourth-order valence-corrected chi connectivity index (χ4v) is 7.81. The quantitative estimate of drug-likeness (QED) is 0.321. The third-order valence-electron chi connectivity index (χ3n) is 9.78. The average molecular weight is 622 g/mol. The molecule has 4 saturated heterocycles. The molecular weight excluding hydrogens is 587 g/mol. The zero-order valence-electron chi connectivity index (χ0n) is 24.9. The maximum Gasteiger partial charge on any atom is 0.319 e. The second-order valence-electron chi connectivity index (χ2n) is 12.7. The van der Waals surface area contributed by atoms with Gasteiger partial charge in [0.25, 0.3) is 0 Å². The van der Waals surface area contributed by atoms with E-state index in [1.165, 1.54) is 24.4 Å². The number of fused-ring (bicyclic) bond motifs is 5. The van der Waals surface area contributed by atoms with E-state index in [4.69, 9.17) is 19.2 Å². The van der Waals surface area contributed by atoms with Crippen LogP contribution in [0.4, 0.5) is 19.0 Å². The summed E-state index contributed by atoms with van der Waals surface area (Å²) in [4.78, 5) is 18.0. The molecule has 45 heavy (non-hydrogen) atoms. The molecule has 0 saturated carbocycles. The second-order valence-corrected chi connectivity index (χ2v) is 12.7. The van der Waals surface area contributed by atoms with Crippen molar-refractivity contribution < 1.29 is 32.5 Å². The van der Waals surface area contributed by atoms with Crippen molar-refractivity contribution in [1.82, 2.24) is 19.9 Å². The van der Waals surface area contributed by atoms with Gasteiger partial charge in [0.2, 0.25) is 0 Å². The van der Waals surface area contributed by atoms with Gasteiger partial charge in [0.1, 0.15) is 41.4 Å². The molecule has 4 fully saturated rings. The summed E-state index contributed by atoms with van der Waals surface area (Å²) >= 11 is 0. The topological polar surface area (TPSA) is 93.1 Å². The van der Waals surface area contributed by atoms with Gasteiger partial charge in [0, 0.05) is 37.8 Å². The lowest BCUT2D eigenvalue weighted by Crippen LogP contribution is -2.54. The Morgan fingerprint density at radius 1 is 1.11 bits per heavy atom. The Morgan fingerprint density at radius 2 is 1.93 bits per heavy atom. The number of phenols is 1. The van der Waals surface area contributed by atoms with E-state index in [-0.39, 0.29) is 47.3 Å². The summed E-state index contributed by atoms with van der Waals surface area (Å²) in [6.45, 7) is 5.05. The predicted molar refractivity (Wildman–Crippen MR) is 161 cm³/mol. The van der Waals surface area contributed by atoms with Gasteiger partial charge < -0.3 is 24.2 Å². The monoisotopic (exact) mass is 621 g/mol. The van der Waals surface area contributed by atoms with Crippen molar-refractivity contribution in [3.8, 4) is 23.0 Å². The van der Waals surface area contributed by atoms with E-state index >= 15 is 4.39 Å². The third kappa shape index (κ3) is 4.85. The fraction of sp³-hybridized carbons (Fsp3) is 0.485. The number of alkyl halides is 1. The number of morpholine rings is 1. The van der Waals surface area contributed by atoms with Gasteiger partial charge in [-0.2, -0.15) is 9.97 Å². The van der Waals surface area contributed by atoms with Crippen LogP contribution in [0, 0.1) is 11.6 Å². The number of rotatable bonds is 6. The fourth-order valence-electron chi connectivity index (χ4n) is 7.81. The average Bonchev–Trinajstić information content (AvgIpc) is 3.55. The van der Waals surface area contributed by atoms with Crippen molar-refractivity contribution >= 4 is 27.5 Å². The number of aromatic nitrogens is 3. The largest absolute Gasteiger partial charge is 0.508 e. The maximum absolute atomic E-state index is 16.8. The van der Waals surface area contributed by atoms with Crippen LogP contribution in [-0.2, 0) is 15.9 Å². The summed E-state index contributed by atoms with van der Waals surface area (Å²) in [6.07, 6.45) is 2.78. The lowest BCUT2D eigenvalue weighted by molar-refractivity contribution is -0.144. The van der Waals surface area contributed by atoms with Gasteiger partial charge in [-0.1, -0.05) is 13.0 Å². The minimum Gasteiger partial charge on any atom is -0.508 e. The molecule has 2 aromatic heterocycles. The molecule has 0 amide bonds. The van der Waals surface area contributed by atoms with Crippen molar-refractivity contribution in [3.63, 3.8) is 0 Å². The smallest absolute Gasteiger partial charge is 0.319 e. The first-order valence-corrected chi connectivity index (χ1v) is 15.6. The van der Waals surface area contributed by atoms with Crippen molar-refractivity contribution in [1.29, 1.82) is 0 Å². The number of benzene rings is 2. The van der Waals surface area contributed by atoms with E-state index in [2.05, 4.69) is 14.9 Å². The molecule has 236 valence electrons. The van der Waals surface area contributed by atoms with Crippen LogP contribution in [0.15, 0.2) is 30.5 Å². The SMILES string of the molecule is CCc1c(F)ccc2cc(O)cc(-c3ncc4c(N5CC6COCC(C5)O6)nc(OCC56CCCN5CC(F)C6)nc4c3F)c12. The molecule has 0 radical (unpaired) electrons. The highest BCUT2D eigenvalue weighted by atomic mass is 19.1. The van der Waals surface area contributed by atoms with E-state index in [0.29, 0.717) is 73.2 Å². The Kier molecular flexibility index (Phi) is 6.99. The van der Waals surface area contributed by atoms with Crippen molar-refractivity contribution in [2.45, 2.75) is 56.5 Å². The van der Waals surface area contributed by atoms with E-state index in [0.717, 1.165) is 19.4 Å². The molecule has 4 aliphatic heterocycles. The minimum absolute atomic E-state index is 0.00517. The third-order valence-corrected chi connectivity index (χ3v) is 9.78. The molecule has 6 heterocycles. The Morgan fingerprint density at radius 3 is 2.73 bits per heavy atom.